The summed E-state index contributed by atoms with van der Waals surface area (Å²) in [5, 5.41) is 13.3. The number of nitrogens with zero attached hydrogens (tertiary/aromatic N) is 1. The number of Topliss-reactive ketones (excluding diaryl/α,β-unsaturated/α-hetero) is 1. The van der Waals surface area contributed by atoms with Crippen molar-refractivity contribution in [2.24, 2.45) is 0 Å². The van der Waals surface area contributed by atoms with Gasteiger partial charge in [0.25, 0.3) is 11.7 Å². The van der Waals surface area contributed by atoms with E-state index in [9.17, 15) is 19.1 Å². The zero-order chi connectivity index (χ0) is 22.3. The van der Waals surface area contributed by atoms with Crippen LogP contribution in [0.5, 0.6) is 5.75 Å². The summed E-state index contributed by atoms with van der Waals surface area (Å²) in [4.78, 5) is 27.9. The van der Waals surface area contributed by atoms with E-state index in [1.165, 1.54) is 41.5 Å². The Labute approximate surface area is 187 Å². The summed E-state index contributed by atoms with van der Waals surface area (Å²) >= 11 is 7.58. The van der Waals surface area contributed by atoms with Gasteiger partial charge in [0.15, 0.2) is 0 Å². The minimum Gasteiger partial charge on any atom is -0.507 e. The van der Waals surface area contributed by atoms with Crippen molar-refractivity contribution in [3.05, 3.63) is 86.3 Å². The number of thiophene rings is 1. The number of anilines is 1. The lowest BCUT2D eigenvalue weighted by molar-refractivity contribution is -0.132. The number of hydrogen-bond donors (Lipinski definition) is 1. The number of carbonyl (C=O) groups excluding carboxylic acids is 2. The molecular weight excluding hydrogens is 441 g/mol. The first-order valence-electron chi connectivity index (χ1n) is 9.28. The smallest absolute Gasteiger partial charge is 0.300 e. The summed E-state index contributed by atoms with van der Waals surface area (Å²) in [6.07, 6.45) is 0. The first kappa shape index (κ1) is 21.1. The lowest BCUT2D eigenvalue weighted by atomic mass is 9.98. The molecule has 0 aliphatic carbocycles. The average Bonchev–Trinajstić information content (AvgIpc) is 3.34. The zero-order valence-electron chi connectivity index (χ0n) is 16.6. The summed E-state index contributed by atoms with van der Waals surface area (Å²) in [6, 6.07) is 11.3. The first-order chi connectivity index (χ1) is 14.8. The molecule has 2 aromatic carbocycles. The monoisotopic (exact) mass is 457 g/mol. The number of carbonyl (C=O) groups is 2. The molecule has 1 N–H and O–H groups in total. The molecule has 1 saturated heterocycles. The van der Waals surface area contributed by atoms with Gasteiger partial charge in [0.05, 0.1) is 23.3 Å². The molecule has 1 aliphatic rings. The third-order valence-electron chi connectivity index (χ3n) is 4.99. The standard InChI is InChI=1S/C23H17ClFNO4S/c1-12-9-15(22(30-2)16(24)10-12)20(27)18-19(17-7-4-8-31-17)26(23(29)21(18)28)14-6-3-5-13(25)11-14/h3-11,19,27H,1-2H3/b20-18-. The second-order valence-electron chi connectivity index (χ2n) is 6.99. The molecule has 0 saturated carbocycles. The fraction of sp³-hybridized carbons (Fsp3) is 0.130. The Kier molecular flexibility index (Phi) is 5.56. The van der Waals surface area contributed by atoms with Gasteiger partial charge in [0, 0.05) is 10.6 Å². The van der Waals surface area contributed by atoms with Crippen molar-refractivity contribution in [1.82, 2.24) is 0 Å². The van der Waals surface area contributed by atoms with Crippen LogP contribution in [0.4, 0.5) is 10.1 Å². The zero-order valence-corrected chi connectivity index (χ0v) is 18.1. The molecule has 1 fully saturated rings. The normalized spacial score (nSPS) is 17.9. The molecule has 4 rings (SSSR count). The number of ketones is 1. The van der Waals surface area contributed by atoms with Crippen LogP contribution in [0.1, 0.15) is 22.0 Å². The summed E-state index contributed by atoms with van der Waals surface area (Å²) in [5.41, 5.74) is 1.04. The van der Waals surface area contributed by atoms with Crippen molar-refractivity contribution >= 4 is 46.1 Å². The molecule has 31 heavy (non-hydrogen) atoms. The van der Waals surface area contributed by atoms with Gasteiger partial charge in [-0.2, -0.15) is 0 Å². The summed E-state index contributed by atoms with van der Waals surface area (Å²) in [7, 11) is 1.40. The number of aliphatic hydroxyl groups excluding tert-OH is 1. The van der Waals surface area contributed by atoms with Crippen LogP contribution in [-0.4, -0.2) is 23.9 Å². The van der Waals surface area contributed by atoms with Crippen LogP contribution < -0.4 is 9.64 Å². The van der Waals surface area contributed by atoms with Crippen molar-refractivity contribution in [3.63, 3.8) is 0 Å². The lowest BCUT2D eigenvalue weighted by Gasteiger charge is -2.24. The van der Waals surface area contributed by atoms with Crippen LogP contribution in [-0.2, 0) is 9.59 Å². The third-order valence-corrected chi connectivity index (χ3v) is 6.20. The fourth-order valence-corrected chi connectivity index (χ4v) is 4.87. The van der Waals surface area contributed by atoms with Gasteiger partial charge < -0.3 is 9.84 Å². The Morgan fingerprint density at radius 3 is 2.61 bits per heavy atom. The summed E-state index contributed by atoms with van der Waals surface area (Å²) in [6.45, 7) is 1.78. The molecule has 1 atom stereocenters. The molecule has 0 spiro atoms. The van der Waals surface area contributed by atoms with E-state index in [1.54, 1.807) is 42.6 Å². The molecule has 1 amide bonds. The fourth-order valence-electron chi connectivity index (χ4n) is 3.70. The van der Waals surface area contributed by atoms with Crippen LogP contribution in [0, 0.1) is 12.7 Å². The van der Waals surface area contributed by atoms with Gasteiger partial charge >= 0.3 is 0 Å². The van der Waals surface area contributed by atoms with Gasteiger partial charge in [0.2, 0.25) is 0 Å². The molecule has 1 unspecified atom stereocenters. The second kappa shape index (κ2) is 8.17. The summed E-state index contributed by atoms with van der Waals surface area (Å²) in [5.74, 6) is -2.50. The topological polar surface area (TPSA) is 66.8 Å². The van der Waals surface area contributed by atoms with Gasteiger partial charge in [-0.15, -0.1) is 11.3 Å². The van der Waals surface area contributed by atoms with Gasteiger partial charge in [-0.1, -0.05) is 23.7 Å². The van der Waals surface area contributed by atoms with Gasteiger partial charge in [-0.05, 0) is 54.3 Å². The number of methoxy groups -OCH3 is 1. The number of aliphatic hydroxyl groups is 1. The van der Waals surface area contributed by atoms with Gasteiger partial charge in [-0.25, -0.2) is 4.39 Å². The first-order valence-corrected chi connectivity index (χ1v) is 10.5. The maximum atomic E-state index is 13.9. The molecule has 3 aromatic rings. The van der Waals surface area contributed by atoms with Crippen LogP contribution in [0.15, 0.2) is 59.5 Å². The second-order valence-corrected chi connectivity index (χ2v) is 8.38. The van der Waals surface area contributed by atoms with Gasteiger partial charge in [-0.3, -0.25) is 14.5 Å². The highest BCUT2D eigenvalue weighted by atomic mass is 35.5. The molecule has 158 valence electrons. The Morgan fingerprint density at radius 1 is 1.19 bits per heavy atom. The minimum absolute atomic E-state index is 0.114. The van der Waals surface area contributed by atoms with E-state index < -0.39 is 29.3 Å². The predicted molar refractivity (Wildman–Crippen MR) is 118 cm³/mol. The lowest BCUT2D eigenvalue weighted by Crippen LogP contribution is -2.29. The van der Waals surface area contributed by atoms with Crippen molar-refractivity contribution < 1.29 is 23.8 Å². The number of ether oxygens (including phenoxy) is 1. The Bertz CT molecular complexity index is 1220. The van der Waals surface area contributed by atoms with E-state index in [-0.39, 0.29) is 27.6 Å². The van der Waals surface area contributed by atoms with Crippen molar-refractivity contribution in [2.45, 2.75) is 13.0 Å². The van der Waals surface area contributed by atoms with Crippen LogP contribution in [0.25, 0.3) is 5.76 Å². The van der Waals surface area contributed by atoms with Crippen LogP contribution in [0.2, 0.25) is 5.02 Å². The molecule has 0 radical (unpaired) electrons. The van der Waals surface area contributed by atoms with Gasteiger partial charge in [0.1, 0.15) is 23.4 Å². The number of hydrogen-bond acceptors (Lipinski definition) is 5. The average molecular weight is 458 g/mol. The number of benzene rings is 2. The minimum atomic E-state index is -0.925. The molecule has 0 bridgehead atoms. The van der Waals surface area contributed by atoms with Crippen molar-refractivity contribution in [1.29, 1.82) is 0 Å². The van der Waals surface area contributed by atoms with Crippen molar-refractivity contribution in [2.75, 3.05) is 12.0 Å². The van der Waals surface area contributed by atoms with E-state index in [0.29, 0.717) is 4.88 Å². The van der Waals surface area contributed by atoms with E-state index in [0.717, 1.165) is 5.56 Å². The largest absolute Gasteiger partial charge is 0.507 e. The predicted octanol–water partition coefficient (Wildman–Crippen LogP) is 5.48. The molecule has 2 heterocycles. The van der Waals surface area contributed by atoms with E-state index in [1.807, 2.05) is 0 Å². The molecule has 8 heteroatoms. The quantitative estimate of drug-likeness (QED) is 0.320. The summed E-state index contributed by atoms with van der Waals surface area (Å²) < 4.78 is 19.3. The molecule has 1 aromatic heterocycles. The maximum Gasteiger partial charge on any atom is 0.300 e. The maximum absolute atomic E-state index is 13.9. The van der Waals surface area contributed by atoms with E-state index in [4.69, 9.17) is 16.3 Å². The molecule has 1 aliphatic heterocycles. The Morgan fingerprint density at radius 2 is 1.97 bits per heavy atom. The van der Waals surface area contributed by atoms with Crippen molar-refractivity contribution in [3.8, 4) is 5.75 Å². The highest BCUT2D eigenvalue weighted by Gasteiger charge is 2.47. The van der Waals surface area contributed by atoms with E-state index >= 15 is 0 Å². The Hall–Kier alpha value is -3.16. The molecule has 5 nitrogen and oxygen atoms in total. The number of rotatable bonds is 4. The molecular formula is C23H17ClFNO4S. The third kappa shape index (κ3) is 3.60. The number of aryl methyl sites for hydroxylation is 1. The van der Waals surface area contributed by atoms with Crippen LogP contribution >= 0.6 is 22.9 Å². The SMILES string of the molecule is COc1c(Cl)cc(C)cc1/C(O)=C1/C(=O)C(=O)N(c2cccc(F)c2)C1c1cccs1. The van der Waals surface area contributed by atoms with Crippen LogP contribution in [0.3, 0.4) is 0 Å². The number of amides is 1. The highest BCUT2D eigenvalue weighted by Crippen LogP contribution is 2.45. The number of halogens is 2. The highest BCUT2D eigenvalue weighted by molar-refractivity contribution is 7.10. The Balaban J connectivity index is 1.99. The van der Waals surface area contributed by atoms with E-state index in [2.05, 4.69) is 0 Å².